The third-order valence-corrected chi connectivity index (χ3v) is 4.24. The second-order valence-electron chi connectivity index (χ2n) is 7.72. The monoisotopic (exact) mass is 327 g/mol. The summed E-state index contributed by atoms with van der Waals surface area (Å²) in [6, 6.07) is 0.385. The minimum atomic E-state index is -0.461. The van der Waals surface area contributed by atoms with Gasteiger partial charge in [0.2, 0.25) is 0 Å². The highest BCUT2D eigenvalue weighted by molar-refractivity contribution is 5.68. The number of ether oxygens (including phenoxy) is 2. The van der Waals surface area contributed by atoms with Crippen molar-refractivity contribution in [1.29, 1.82) is 0 Å². The second-order valence-corrected chi connectivity index (χ2v) is 7.72. The molecule has 2 atom stereocenters. The number of rotatable bonds is 4. The highest BCUT2D eigenvalue weighted by Crippen LogP contribution is 2.18. The molecule has 0 aromatic rings. The van der Waals surface area contributed by atoms with E-state index in [9.17, 15) is 4.79 Å². The molecule has 6 heteroatoms. The van der Waals surface area contributed by atoms with Crippen LogP contribution in [0.3, 0.4) is 0 Å². The second kappa shape index (κ2) is 8.31. The number of morpholine rings is 1. The van der Waals surface area contributed by atoms with Gasteiger partial charge in [-0.3, -0.25) is 5.43 Å². The van der Waals surface area contributed by atoms with Crippen molar-refractivity contribution < 1.29 is 14.3 Å². The van der Waals surface area contributed by atoms with Crippen LogP contribution in [-0.2, 0) is 9.47 Å². The van der Waals surface area contributed by atoms with Gasteiger partial charge in [-0.1, -0.05) is 6.42 Å². The van der Waals surface area contributed by atoms with Gasteiger partial charge < -0.3 is 14.4 Å². The Hall–Kier alpha value is -0.850. The van der Waals surface area contributed by atoms with Crippen molar-refractivity contribution in [2.24, 2.45) is 0 Å². The van der Waals surface area contributed by atoms with Crippen molar-refractivity contribution in [2.75, 3.05) is 32.8 Å². The van der Waals surface area contributed by atoms with Gasteiger partial charge in [-0.25, -0.2) is 9.80 Å². The Labute approximate surface area is 140 Å². The molecule has 6 nitrogen and oxygen atoms in total. The summed E-state index contributed by atoms with van der Waals surface area (Å²) in [4.78, 5) is 14.2. The number of carbonyl (C=O) groups excluding carboxylic acids is 1. The number of carbonyl (C=O) groups is 1. The zero-order valence-electron chi connectivity index (χ0n) is 15.1. The Morgan fingerprint density at radius 2 is 1.96 bits per heavy atom. The zero-order chi connectivity index (χ0) is 16.9. The topological polar surface area (TPSA) is 54.0 Å². The minimum absolute atomic E-state index is 0.0749. The summed E-state index contributed by atoms with van der Waals surface area (Å²) in [6.07, 6.45) is 4.49. The molecule has 23 heavy (non-hydrogen) atoms. The first-order chi connectivity index (χ1) is 10.8. The average molecular weight is 327 g/mol. The van der Waals surface area contributed by atoms with Gasteiger partial charge in [-0.05, 0) is 47.0 Å². The van der Waals surface area contributed by atoms with Crippen LogP contribution in [-0.4, -0.2) is 66.5 Å². The Morgan fingerprint density at radius 1 is 1.26 bits per heavy atom. The predicted octanol–water partition coefficient (Wildman–Crippen LogP) is 2.39. The van der Waals surface area contributed by atoms with Crippen LogP contribution in [0, 0.1) is 0 Å². The highest BCUT2D eigenvalue weighted by atomic mass is 16.6. The van der Waals surface area contributed by atoms with Gasteiger partial charge in [-0.2, -0.15) is 0 Å². The molecule has 0 bridgehead atoms. The number of piperidine rings is 1. The maximum absolute atomic E-state index is 12.4. The molecule has 2 saturated heterocycles. The Balaban J connectivity index is 1.85. The molecule has 0 spiro atoms. The fourth-order valence-electron chi connectivity index (χ4n) is 3.21. The summed E-state index contributed by atoms with van der Waals surface area (Å²) in [5.41, 5.74) is 3.11. The molecule has 0 aliphatic carbocycles. The van der Waals surface area contributed by atoms with Gasteiger partial charge in [0.05, 0.1) is 19.3 Å². The normalized spacial score (nSPS) is 25.2. The number of hydrazine groups is 1. The molecule has 2 aliphatic rings. The van der Waals surface area contributed by atoms with Crippen LogP contribution in [0.15, 0.2) is 0 Å². The fraction of sp³-hybridized carbons (Fsp3) is 0.941. The van der Waals surface area contributed by atoms with E-state index < -0.39 is 5.60 Å². The lowest BCUT2D eigenvalue weighted by atomic mass is 10.1. The molecule has 1 N–H and O–H groups in total. The number of nitrogens with one attached hydrogen (secondary N) is 1. The van der Waals surface area contributed by atoms with Gasteiger partial charge in [0, 0.05) is 25.7 Å². The van der Waals surface area contributed by atoms with Crippen LogP contribution in [0.5, 0.6) is 0 Å². The number of hydrogen-bond acceptors (Lipinski definition) is 5. The van der Waals surface area contributed by atoms with E-state index >= 15 is 0 Å². The number of nitrogens with zero attached hydrogens (tertiary/aromatic N) is 2. The Kier molecular flexibility index (Phi) is 6.68. The zero-order valence-corrected chi connectivity index (χ0v) is 15.1. The van der Waals surface area contributed by atoms with Crippen molar-refractivity contribution in [3.05, 3.63) is 0 Å². The van der Waals surface area contributed by atoms with E-state index in [1.165, 1.54) is 19.3 Å². The molecule has 0 aromatic heterocycles. The fourth-order valence-corrected chi connectivity index (χ4v) is 3.21. The standard InChI is InChI=1S/C17H33N3O3/c1-14(18-19-8-6-5-7-9-19)12-15-13-22-11-10-20(15)16(21)23-17(2,3)4/h14-15,18H,5-13H2,1-4H3. The van der Waals surface area contributed by atoms with Crippen LogP contribution in [0.1, 0.15) is 53.4 Å². The third-order valence-electron chi connectivity index (χ3n) is 4.24. The molecule has 0 saturated carbocycles. The van der Waals surface area contributed by atoms with E-state index in [4.69, 9.17) is 9.47 Å². The molecule has 0 radical (unpaired) electrons. The van der Waals surface area contributed by atoms with Crippen molar-refractivity contribution in [3.63, 3.8) is 0 Å². The molecule has 134 valence electrons. The van der Waals surface area contributed by atoms with Crippen LogP contribution in [0.2, 0.25) is 0 Å². The molecule has 2 aliphatic heterocycles. The lowest BCUT2D eigenvalue weighted by Gasteiger charge is -2.39. The van der Waals surface area contributed by atoms with E-state index in [0.717, 1.165) is 19.5 Å². The average Bonchev–Trinajstić information content (AvgIpc) is 2.47. The summed E-state index contributed by atoms with van der Waals surface area (Å²) in [7, 11) is 0. The highest BCUT2D eigenvalue weighted by Gasteiger charge is 2.32. The molecular formula is C17H33N3O3. The van der Waals surface area contributed by atoms with Crippen LogP contribution in [0.4, 0.5) is 4.79 Å². The van der Waals surface area contributed by atoms with Crippen molar-refractivity contribution in [3.8, 4) is 0 Å². The summed E-state index contributed by atoms with van der Waals surface area (Å²) in [5, 5.41) is 2.32. The first kappa shape index (κ1) is 18.5. The quantitative estimate of drug-likeness (QED) is 0.859. The van der Waals surface area contributed by atoms with E-state index in [1.807, 2.05) is 25.7 Å². The van der Waals surface area contributed by atoms with E-state index in [1.54, 1.807) is 0 Å². The van der Waals surface area contributed by atoms with Gasteiger partial charge in [0.15, 0.2) is 0 Å². The first-order valence-electron chi connectivity index (χ1n) is 8.93. The largest absolute Gasteiger partial charge is 0.444 e. The van der Waals surface area contributed by atoms with Crippen molar-refractivity contribution in [2.45, 2.75) is 71.1 Å². The lowest BCUT2D eigenvalue weighted by molar-refractivity contribution is -0.0375. The number of amides is 1. The van der Waals surface area contributed by atoms with E-state index in [2.05, 4.69) is 17.4 Å². The Bertz CT molecular complexity index is 378. The molecular weight excluding hydrogens is 294 g/mol. The van der Waals surface area contributed by atoms with Gasteiger partial charge >= 0.3 is 6.09 Å². The van der Waals surface area contributed by atoms with Crippen LogP contribution >= 0.6 is 0 Å². The molecule has 2 unspecified atom stereocenters. The van der Waals surface area contributed by atoms with Gasteiger partial charge in [0.1, 0.15) is 5.60 Å². The SMILES string of the molecule is CC(CC1COCCN1C(=O)OC(C)(C)C)NN1CCCCC1. The maximum Gasteiger partial charge on any atom is 0.410 e. The molecule has 2 heterocycles. The van der Waals surface area contributed by atoms with Crippen LogP contribution in [0.25, 0.3) is 0 Å². The Morgan fingerprint density at radius 3 is 2.61 bits per heavy atom. The molecule has 2 fully saturated rings. The molecule has 1 amide bonds. The summed E-state index contributed by atoms with van der Waals surface area (Å²) in [5.74, 6) is 0. The van der Waals surface area contributed by atoms with Crippen LogP contribution < -0.4 is 5.43 Å². The molecule has 2 rings (SSSR count). The van der Waals surface area contributed by atoms with E-state index in [0.29, 0.717) is 25.8 Å². The lowest BCUT2D eigenvalue weighted by Crippen LogP contribution is -2.54. The molecule has 0 aromatic carbocycles. The van der Waals surface area contributed by atoms with Gasteiger partial charge in [-0.15, -0.1) is 0 Å². The minimum Gasteiger partial charge on any atom is -0.444 e. The smallest absolute Gasteiger partial charge is 0.410 e. The third kappa shape index (κ3) is 6.28. The summed E-state index contributed by atoms with van der Waals surface area (Å²) >= 11 is 0. The van der Waals surface area contributed by atoms with Crippen molar-refractivity contribution >= 4 is 6.09 Å². The number of hydrogen-bond donors (Lipinski definition) is 1. The van der Waals surface area contributed by atoms with Crippen molar-refractivity contribution in [1.82, 2.24) is 15.3 Å². The maximum atomic E-state index is 12.4. The predicted molar refractivity (Wildman–Crippen MR) is 90.2 cm³/mol. The van der Waals surface area contributed by atoms with Gasteiger partial charge in [0.25, 0.3) is 0 Å². The summed E-state index contributed by atoms with van der Waals surface area (Å²) < 4.78 is 11.1. The first-order valence-corrected chi connectivity index (χ1v) is 8.93. The summed E-state index contributed by atoms with van der Waals surface area (Å²) in [6.45, 7) is 11.9. The van der Waals surface area contributed by atoms with E-state index in [-0.39, 0.29) is 12.1 Å².